The van der Waals surface area contributed by atoms with E-state index in [0.29, 0.717) is 5.30 Å². The quantitative estimate of drug-likeness (QED) is 0.848. The molecule has 1 N–H and O–H groups in total. The third kappa shape index (κ3) is 2.52. The van der Waals surface area contributed by atoms with E-state index >= 15 is 0 Å². The van der Waals surface area contributed by atoms with Crippen molar-refractivity contribution in [2.24, 2.45) is 0 Å². The molecule has 0 heterocycles. The fourth-order valence-corrected chi connectivity index (χ4v) is 2.28. The van der Waals surface area contributed by atoms with Crippen molar-refractivity contribution >= 4 is 13.3 Å². The Kier molecular flexibility index (Phi) is 3.52. The molecule has 0 aromatic heterocycles. The van der Waals surface area contributed by atoms with Crippen molar-refractivity contribution in [3.8, 4) is 16.9 Å². The summed E-state index contributed by atoms with van der Waals surface area (Å²) in [4.78, 5) is 9.25. The van der Waals surface area contributed by atoms with Crippen molar-refractivity contribution in [2.45, 2.75) is 0 Å². The van der Waals surface area contributed by atoms with Crippen LogP contribution < -0.4 is 10.0 Å². The Morgan fingerprint density at radius 2 is 1.71 bits per heavy atom. The normalized spacial score (nSPS) is 11.1. The molecule has 1 unspecified atom stereocenters. The highest BCUT2D eigenvalue weighted by Crippen LogP contribution is 2.26. The van der Waals surface area contributed by atoms with Crippen LogP contribution in [0.1, 0.15) is 0 Å². The molecule has 0 fully saturated rings. The van der Waals surface area contributed by atoms with Crippen LogP contribution in [0.2, 0.25) is 0 Å². The van der Waals surface area contributed by atoms with Gasteiger partial charge in [0, 0.05) is 5.56 Å². The van der Waals surface area contributed by atoms with Crippen LogP contribution in [0, 0.1) is 0 Å². The lowest BCUT2D eigenvalue weighted by Crippen LogP contribution is -2.00. The first-order valence-electron chi connectivity index (χ1n) is 5.12. The third-order valence-corrected chi connectivity index (χ3v) is 3.31. The highest BCUT2D eigenvalue weighted by Gasteiger charge is 2.21. The molecule has 0 amide bonds. The van der Waals surface area contributed by atoms with Gasteiger partial charge >= 0.3 is 8.03 Å². The monoisotopic (exact) mass is 247 g/mol. The molecular weight excluding hydrogens is 235 g/mol. The molecular formula is C13H12O3P+. The van der Waals surface area contributed by atoms with Gasteiger partial charge in [0.1, 0.15) is 5.75 Å². The largest absolute Gasteiger partial charge is 0.546 e. The first-order valence-corrected chi connectivity index (χ1v) is 6.33. The fourth-order valence-electron chi connectivity index (χ4n) is 1.66. The first-order chi connectivity index (χ1) is 8.22. The van der Waals surface area contributed by atoms with Crippen molar-refractivity contribution < 1.29 is 14.2 Å². The van der Waals surface area contributed by atoms with Gasteiger partial charge in [-0.15, -0.1) is 0 Å². The smallest absolute Gasteiger partial charge is 0.497 e. The van der Waals surface area contributed by atoms with Crippen LogP contribution in [-0.2, 0) is 4.57 Å². The Labute approximate surface area is 101 Å². The van der Waals surface area contributed by atoms with E-state index in [4.69, 9.17) is 4.74 Å². The molecule has 0 aliphatic rings. The Bertz CT molecular complexity index is 535. The summed E-state index contributed by atoms with van der Waals surface area (Å²) < 4.78 is 16.3. The molecule has 2 rings (SSSR count). The maximum absolute atomic E-state index is 11.2. The van der Waals surface area contributed by atoms with Crippen molar-refractivity contribution in [3.63, 3.8) is 0 Å². The van der Waals surface area contributed by atoms with Crippen LogP contribution in [0.4, 0.5) is 0 Å². The Morgan fingerprint density at radius 3 is 2.29 bits per heavy atom. The number of hydrogen-bond donors (Lipinski definition) is 1. The molecule has 2 aromatic rings. The maximum atomic E-state index is 11.2. The lowest BCUT2D eigenvalue weighted by molar-refractivity contribution is 0.415. The van der Waals surface area contributed by atoms with Gasteiger partial charge in [-0.1, -0.05) is 24.3 Å². The maximum Gasteiger partial charge on any atom is 0.546 e. The molecule has 4 heteroatoms. The van der Waals surface area contributed by atoms with Crippen molar-refractivity contribution in [1.29, 1.82) is 0 Å². The Balaban J connectivity index is 2.48. The van der Waals surface area contributed by atoms with Gasteiger partial charge in [-0.05, 0) is 34.4 Å². The molecule has 0 spiro atoms. The zero-order valence-electron chi connectivity index (χ0n) is 9.33. The molecule has 0 radical (unpaired) electrons. The van der Waals surface area contributed by atoms with Crippen LogP contribution in [0.3, 0.4) is 0 Å². The molecule has 86 valence electrons. The van der Waals surface area contributed by atoms with Crippen LogP contribution in [-0.4, -0.2) is 12.0 Å². The van der Waals surface area contributed by atoms with Crippen molar-refractivity contribution in [2.75, 3.05) is 7.11 Å². The molecule has 0 saturated carbocycles. The van der Waals surface area contributed by atoms with Gasteiger partial charge in [0.15, 0.2) is 0 Å². The van der Waals surface area contributed by atoms with Crippen LogP contribution in [0.15, 0.2) is 48.5 Å². The molecule has 1 atom stereocenters. The highest BCUT2D eigenvalue weighted by molar-refractivity contribution is 7.47. The van der Waals surface area contributed by atoms with Crippen LogP contribution in [0.25, 0.3) is 11.1 Å². The number of rotatable bonds is 3. The zero-order valence-corrected chi connectivity index (χ0v) is 10.2. The van der Waals surface area contributed by atoms with E-state index in [9.17, 15) is 9.46 Å². The summed E-state index contributed by atoms with van der Waals surface area (Å²) in [5.74, 6) is 0.764. The summed E-state index contributed by atoms with van der Waals surface area (Å²) in [6.07, 6.45) is 0. The molecule has 0 aliphatic heterocycles. The second kappa shape index (κ2) is 5.09. The van der Waals surface area contributed by atoms with Crippen molar-refractivity contribution in [1.82, 2.24) is 0 Å². The van der Waals surface area contributed by atoms with Gasteiger partial charge in [-0.3, -0.25) is 0 Å². The molecule has 2 aromatic carbocycles. The van der Waals surface area contributed by atoms with E-state index in [1.807, 2.05) is 36.4 Å². The molecule has 0 saturated heterocycles. The Morgan fingerprint density at radius 1 is 1.06 bits per heavy atom. The lowest BCUT2D eigenvalue weighted by Gasteiger charge is -2.03. The topological polar surface area (TPSA) is 46.5 Å². The van der Waals surface area contributed by atoms with Crippen LogP contribution in [0.5, 0.6) is 5.75 Å². The molecule has 0 bridgehead atoms. The minimum absolute atomic E-state index is 0.452. The van der Waals surface area contributed by atoms with E-state index in [2.05, 4.69) is 0 Å². The highest BCUT2D eigenvalue weighted by atomic mass is 31.1. The van der Waals surface area contributed by atoms with E-state index in [1.165, 1.54) is 0 Å². The first kappa shape index (κ1) is 11.8. The average Bonchev–Trinajstić information content (AvgIpc) is 2.39. The number of ether oxygens (including phenoxy) is 1. The standard InChI is InChI=1S/C13H11O3P/c1-16-11-8-6-10(7-9-11)12-4-2-3-5-13(12)17(14)15/h2-9H,1H3/p+1. The van der Waals surface area contributed by atoms with Gasteiger partial charge in [-0.25, -0.2) is 0 Å². The molecule has 0 aliphatic carbocycles. The summed E-state index contributed by atoms with van der Waals surface area (Å²) in [7, 11) is -0.728. The average molecular weight is 247 g/mol. The second-order valence-electron chi connectivity index (χ2n) is 3.52. The van der Waals surface area contributed by atoms with Gasteiger partial charge in [0.05, 0.1) is 7.11 Å². The zero-order chi connectivity index (χ0) is 12.3. The van der Waals surface area contributed by atoms with E-state index in [1.54, 1.807) is 19.2 Å². The SMILES string of the molecule is COc1ccc(-c2ccccc2[P+](=O)O)cc1. The number of hydrogen-bond acceptors (Lipinski definition) is 2. The third-order valence-electron chi connectivity index (χ3n) is 2.51. The van der Waals surface area contributed by atoms with E-state index in [-0.39, 0.29) is 0 Å². The predicted molar refractivity (Wildman–Crippen MR) is 67.9 cm³/mol. The number of methoxy groups -OCH3 is 1. The van der Waals surface area contributed by atoms with Crippen molar-refractivity contribution in [3.05, 3.63) is 48.5 Å². The summed E-state index contributed by atoms with van der Waals surface area (Å²) in [6, 6.07) is 14.5. The molecule has 17 heavy (non-hydrogen) atoms. The lowest BCUT2D eigenvalue weighted by atomic mass is 10.1. The Hall–Kier alpha value is -1.70. The summed E-state index contributed by atoms with van der Waals surface area (Å²) in [5.41, 5.74) is 1.68. The van der Waals surface area contributed by atoms with Gasteiger partial charge in [0.2, 0.25) is 5.30 Å². The summed E-state index contributed by atoms with van der Waals surface area (Å²) in [5, 5.41) is 0.452. The van der Waals surface area contributed by atoms with Gasteiger partial charge < -0.3 is 4.74 Å². The minimum Gasteiger partial charge on any atom is -0.497 e. The number of benzene rings is 2. The van der Waals surface area contributed by atoms with Crippen LogP contribution >= 0.6 is 8.03 Å². The van der Waals surface area contributed by atoms with E-state index < -0.39 is 8.03 Å². The van der Waals surface area contributed by atoms with Gasteiger partial charge in [0.25, 0.3) is 0 Å². The summed E-state index contributed by atoms with van der Waals surface area (Å²) in [6.45, 7) is 0. The van der Waals surface area contributed by atoms with E-state index in [0.717, 1.165) is 16.9 Å². The summed E-state index contributed by atoms with van der Waals surface area (Å²) >= 11 is 0. The fraction of sp³-hybridized carbons (Fsp3) is 0.0769. The molecule has 3 nitrogen and oxygen atoms in total. The van der Waals surface area contributed by atoms with Gasteiger partial charge in [-0.2, -0.15) is 4.89 Å². The minimum atomic E-state index is -2.33. The second-order valence-corrected chi connectivity index (χ2v) is 4.55. The predicted octanol–water partition coefficient (Wildman–Crippen LogP) is 2.72.